The van der Waals surface area contributed by atoms with E-state index in [9.17, 15) is 4.79 Å². The molecule has 1 aliphatic heterocycles. The van der Waals surface area contributed by atoms with E-state index in [1.165, 1.54) is 5.69 Å². The number of anilines is 1. The molecule has 168 valence electrons. The highest BCUT2D eigenvalue weighted by atomic mass is 16.6. The van der Waals surface area contributed by atoms with Crippen LogP contribution in [0.15, 0.2) is 35.3 Å². The average molecular weight is 418 g/mol. The summed E-state index contributed by atoms with van der Waals surface area (Å²) in [5, 5.41) is 9.87. The summed E-state index contributed by atoms with van der Waals surface area (Å²) in [6.07, 6.45) is 3.60. The highest BCUT2D eigenvalue weighted by Crippen LogP contribution is 2.19. The number of hydrogen-bond donors (Lipinski definition) is 3. The SMILES string of the molecule is CCCC(CNC(=NC)NC1CCN(c2ccccc2)CC1)NC(=O)OC(C)(C)C. The van der Waals surface area contributed by atoms with Crippen LogP contribution in [0.1, 0.15) is 53.4 Å². The summed E-state index contributed by atoms with van der Waals surface area (Å²) in [5.41, 5.74) is 0.787. The summed E-state index contributed by atoms with van der Waals surface area (Å²) >= 11 is 0. The Labute approximate surface area is 181 Å². The van der Waals surface area contributed by atoms with Gasteiger partial charge in [-0.1, -0.05) is 31.5 Å². The Hall–Kier alpha value is -2.44. The van der Waals surface area contributed by atoms with Crippen LogP contribution in [-0.4, -0.2) is 56.4 Å². The Morgan fingerprint density at radius 1 is 1.23 bits per heavy atom. The summed E-state index contributed by atoms with van der Waals surface area (Å²) in [5.74, 6) is 0.778. The van der Waals surface area contributed by atoms with E-state index in [0.29, 0.717) is 12.6 Å². The number of benzene rings is 1. The lowest BCUT2D eigenvalue weighted by Crippen LogP contribution is -2.52. The van der Waals surface area contributed by atoms with Crippen molar-refractivity contribution in [1.82, 2.24) is 16.0 Å². The topological polar surface area (TPSA) is 78.0 Å². The minimum Gasteiger partial charge on any atom is -0.444 e. The van der Waals surface area contributed by atoms with E-state index in [2.05, 4.69) is 63.1 Å². The summed E-state index contributed by atoms with van der Waals surface area (Å²) in [7, 11) is 1.78. The molecule has 0 bridgehead atoms. The normalized spacial score (nSPS) is 16.7. The highest BCUT2D eigenvalue weighted by Gasteiger charge is 2.22. The highest BCUT2D eigenvalue weighted by molar-refractivity contribution is 5.80. The van der Waals surface area contributed by atoms with Gasteiger partial charge in [-0.15, -0.1) is 0 Å². The van der Waals surface area contributed by atoms with Gasteiger partial charge in [0.25, 0.3) is 0 Å². The second kappa shape index (κ2) is 11.7. The molecule has 0 radical (unpaired) electrons. The van der Waals surface area contributed by atoms with Gasteiger partial charge in [0.15, 0.2) is 5.96 Å². The lowest BCUT2D eigenvalue weighted by molar-refractivity contribution is 0.0502. The first kappa shape index (κ1) is 23.8. The second-order valence-corrected chi connectivity index (χ2v) is 8.83. The zero-order valence-electron chi connectivity index (χ0n) is 19.2. The van der Waals surface area contributed by atoms with Crippen LogP contribution >= 0.6 is 0 Å². The standard InChI is InChI=1S/C23H39N5O2/c1-6-10-19(27-22(29)30-23(2,3)4)17-25-21(24-5)26-18-13-15-28(16-14-18)20-11-8-7-9-12-20/h7-9,11-12,18-19H,6,10,13-17H2,1-5H3,(H,27,29)(H2,24,25,26). The van der Waals surface area contributed by atoms with Crippen molar-refractivity contribution in [3.05, 3.63) is 30.3 Å². The van der Waals surface area contributed by atoms with Crippen LogP contribution in [0.2, 0.25) is 0 Å². The molecule has 2 rings (SSSR count). The number of amides is 1. The van der Waals surface area contributed by atoms with Gasteiger partial charge in [0.2, 0.25) is 0 Å². The summed E-state index contributed by atoms with van der Waals surface area (Å²) in [6, 6.07) is 10.9. The quantitative estimate of drug-likeness (QED) is 0.467. The van der Waals surface area contributed by atoms with Crippen LogP contribution in [0.5, 0.6) is 0 Å². The molecule has 1 aliphatic rings. The number of piperidine rings is 1. The minimum absolute atomic E-state index is 0.0108. The average Bonchev–Trinajstić information content (AvgIpc) is 2.71. The number of ether oxygens (including phenoxy) is 1. The van der Waals surface area contributed by atoms with Gasteiger partial charge in [0.1, 0.15) is 5.60 Å². The zero-order chi connectivity index (χ0) is 22.0. The van der Waals surface area contributed by atoms with E-state index >= 15 is 0 Å². The monoisotopic (exact) mass is 417 g/mol. The molecule has 1 heterocycles. The van der Waals surface area contributed by atoms with Crippen molar-refractivity contribution in [3.63, 3.8) is 0 Å². The number of rotatable bonds is 7. The Morgan fingerprint density at radius 2 is 1.90 bits per heavy atom. The first-order valence-corrected chi connectivity index (χ1v) is 11.1. The molecule has 0 aromatic heterocycles. The molecule has 0 spiro atoms. The molecular weight excluding hydrogens is 378 g/mol. The van der Waals surface area contributed by atoms with E-state index < -0.39 is 5.60 Å². The third-order valence-corrected chi connectivity index (χ3v) is 5.05. The lowest BCUT2D eigenvalue weighted by Gasteiger charge is -2.34. The zero-order valence-corrected chi connectivity index (χ0v) is 19.2. The summed E-state index contributed by atoms with van der Waals surface area (Å²) in [4.78, 5) is 18.9. The van der Waals surface area contributed by atoms with Crippen molar-refractivity contribution in [1.29, 1.82) is 0 Å². The van der Waals surface area contributed by atoms with E-state index in [1.807, 2.05) is 20.8 Å². The molecule has 7 nitrogen and oxygen atoms in total. The van der Waals surface area contributed by atoms with Gasteiger partial charge in [-0.2, -0.15) is 0 Å². The van der Waals surface area contributed by atoms with Crippen molar-refractivity contribution in [2.24, 2.45) is 4.99 Å². The van der Waals surface area contributed by atoms with Crippen molar-refractivity contribution >= 4 is 17.7 Å². The minimum atomic E-state index is -0.500. The number of hydrogen-bond acceptors (Lipinski definition) is 4. The molecule has 1 aromatic rings. The molecule has 0 saturated carbocycles. The first-order valence-electron chi connectivity index (χ1n) is 11.1. The molecule has 3 N–H and O–H groups in total. The molecule has 1 aromatic carbocycles. The maximum absolute atomic E-state index is 12.1. The van der Waals surface area contributed by atoms with Gasteiger partial charge in [-0.25, -0.2) is 4.79 Å². The molecular formula is C23H39N5O2. The van der Waals surface area contributed by atoms with Crippen molar-refractivity contribution in [2.45, 2.75) is 71.1 Å². The van der Waals surface area contributed by atoms with Gasteiger partial charge in [0, 0.05) is 44.5 Å². The van der Waals surface area contributed by atoms with Gasteiger partial charge >= 0.3 is 6.09 Å². The number of aliphatic imine (C=N–C) groups is 1. The van der Waals surface area contributed by atoms with Gasteiger partial charge in [-0.05, 0) is 52.2 Å². The Kier molecular flexibility index (Phi) is 9.27. The number of carbonyl (C=O) groups is 1. The number of nitrogens with one attached hydrogen (secondary N) is 3. The molecule has 7 heteroatoms. The van der Waals surface area contributed by atoms with Gasteiger partial charge in [-0.3, -0.25) is 4.99 Å². The van der Waals surface area contributed by atoms with E-state index in [0.717, 1.165) is 44.7 Å². The molecule has 0 aliphatic carbocycles. The largest absolute Gasteiger partial charge is 0.444 e. The number of nitrogens with zero attached hydrogens (tertiary/aromatic N) is 2. The molecule has 30 heavy (non-hydrogen) atoms. The van der Waals surface area contributed by atoms with Gasteiger partial charge in [0.05, 0.1) is 0 Å². The molecule has 1 saturated heterocycles. The molecule has 1 amide bonds. The van der Waals surface area contributed by atoms with Crippen molar-refractivity contribution in [3.8, 4) is 0 Å². The summed E-state index contributed by atoms with van der Waals surface area (Å²) in [6.45, 7) is 10.4. The molecule has 1 atom stereocenters. The first-order chi connectivity index (χ1) is 14.3. The number of alkyl carbamates (subject to hydrolysis) is 1. The van der Waals surface area contributed by atoms with Crippen LogP contribution in [-0.2, 0) is 4.74 Å². The fraction of sp³-hybridized carbons (Fsp3) is 0.652. The predicted octanol–water partition coefficient (Wildman–Crippen LogP) is 3.51. The van der Waals surface area contributed by atoms with E-state index in [-0.39, 0.29) is 12.1 Å². The Balaban J connectivity index is 1.78. The Bertz CT molecular complexity index is 664. The lowest BCUT2D eigenvalue weighted by atomic mass is 10.0. The van der Waals surface area contributed by atoms with Crippen LogP contribution in [0.25, 0.3) is 0 Å². The van der Waals surface area contributed by atoms with Gasteiger partial charge < -0.3 is 25.6 Å². The summed E-state index contributed by atoms with van der Waals surface area (Å²) < 4.78 is 5.39. The third-order valence-electron chi connectivity index (χ3n) is 5.05. The fourth-order valence-corrected chi connectivity index (χ4v) is 3.58. The predicted molar refractivity (Wildman–Crippen MR) is 124 cm³/mol. The van der Waals surface area contributed by atoms with Crippen LogP contribution < -0.4 is 20.9 Å². The van der Waals surface area contributed by atoms with Crippen LogP contribution in [0.3, 0.4) is 0 Å². The van der Waals surface area contributed by atoms with Crippen LogP contribution in [0, 0.1) is 0 Å². The molecule has 1 unspecified atom stereocenters. The van der Waals surface area contributed by atoms with E-state index in [4.69, 9.17) is 4.74 Å². The number of guanidine groups is 1. The smallest absolute Gasteiger partial charge is 0.407 e. The number of para-hydroxylation sites is 1. The van der Waals surface area contributed by atoms with Crippen LogP contribution in [0.4, 0.5) is 10.5 Å². The molecule has 1 fully saturated rings. The second-order valence-electron chi connectivity index (χ2n) is 8.83. The van der Waals surface area contributed by atoms with Crippen molar-refractivity contribution in [2.75, 3.05) is 31.6 Å². The Morgan fingerprint density at radius 3 is 2.47 bits per heavy atom. The maximum Gasteiger partial charge on any atom is 0.407 e. The number of carbonyl (C=O) groups excluding carboxylic acids is 1. The fourth-order valence-electron chi connectivity index (χ4n) is 3.58. The van der Waals surface area contributed by atoms with E-state index in [1.54, 1.807) is 7.05 Å². The maximum atomic E-state index is 12.1. The third kappa shape index (κ3) is 8.51. The van der Waals surface area contributed by atoms with Crippen molar-refractivity contribution < 1.29 is 9.53 Å².